The van der Waals surface area contributed by atoms with Gasteiger partial charge in [-0.3, -0.25) is 18.6 Å². The van der Waals surface area contributed by atoms with Gasteiger partial charge in [-0.2, -0.15) is 0 Å². The lowest BCUT2D eigenvalue weighted by Crippen LogP contribution is -2.29. The van der Waals surface area contributed by atoms with Gasteiger partial charge in [0.2, 0.25) is 0 Å². The van der Waals surface area contributed by atoms with Gasteiger partial charge in [-0.05, 0) is 64.2 Å². The van der Waals surface area contributed by atoms with E-state index < -0.39 is 26.5 Å². The van der Waals surface area contributed by atoms with Crippen molar-refractivity contribution >= 4 is 19.8 Å². The van der Waals surface area contributed by atoms with Gasteiger partial charge < -0.3 is 20.1 Å². The molecule has 2 atom stereocenters. The summed E-state index contributed by atoms with van der Waals surface area (Å²) in [4.78, 5) is 35.3. The monoisotopic (exact) mass is 1140 g/mol. The third kappa shape index (κ3) is 64.6. The molecule has 0 aromatic carbocycles. The number of hydrogen-bond donors (Lipinski definition) is 2. The SMILES string of the molecule is CC/C=C\C/C=C\C/C=C\C/C=C\C/C=C\C/C=C\CCCCCCCCCCCCCCC(=O)OC(COC(=O)CCCCCCCCCCCCCCCCCCCCCCCCCCCCCC)COP(=O)(O)OCCN. The normalized spacial score (nSPS) is 13.4. The molecule has 466 valence electrons. The Bertz CT molecular complexity index is 1540. The van der Waals surface area contributed by atoms with Crippen LogP contribution < -0.4 is 5.73 Å². The van der Waals surface area contributed by atoms with Gasteiger partial charge in [0.1, 0.15) is 6.61 Å². The van der Waals surface area contributed by atoms with Gasteiger partial charge in [0.25, 0.3) is 0 Å². The van der Waals surface area contributed by atoms with Crippen LogP contribution in [-0.4, -0.2) is 49.3 Å². The van der Waals surface area contributed by atoms with E-state index in [0.29, 0.717) is 6.42 Å². The van der Waals surface area contributed by atoms with Crippen LogP contribution in [0.3, 0.4) is 0 Å². The Morgan fingerprint density at radius 3 is 1.02 bits per heavy atom. The molecule has 3 N–H and O–H groups in total. The molecule has 0 aromatic heterocycles. The maximum Gasteiger partial charge on any atom is 0.472 e. The molecule has 9 nitrogen and oxygen atoms in total. The second-order valence-corrected chi connectivity index (χ2v) is 24.1. The second-order valence-electron chi connectivity index (χ2n) is 22.7. The number of carbonyl (C=O) groups is 2. The van der Waals surface area contributed by atoms with E-state index in [1.54, 1.807) is 0 Å². The highest BCUT2D eigenvalue weighted by Crippen LogP contribution is 2.43. The molecular formula is C70H128NO8P. The number of ether oxygens (including phenoxy) is 2. The van der Waals surface area contributed by atoms with Crippen molar-refractivity contribution in [3.8, 4) is 0 Å². The molecule has 0 amide bonds. The minimum absolute atomic E-state index is 0.0525. The van der Waals surface area contributed by atoms with E-state index in [-0.39, 0.29) is 38.6 Å². The van der Waals surface area contributed by atoms with Crippen molar-refractivity contribution in [1.82, 2.24) is 0 Å². The summed E-state index contributed by atoms with van der Waals surface area (Å²) < 4.78 is 33.2. The van der Waals surface area contributed by atoms with Crippen LogP contribution >= 0.6 is 7.82 Å². The molecule has 0 aliphatic heterocycles. The molecule has 10 heteroatoms. The van der Waals surface area contributed by atoms with Crippen LogP contribution in [-0.2, 0) is 32.7 Å². The van der Waals surface area contributed by atoms with Crippen LogP contribution in [0.15, 0.2) is 72.9 Å². The topological polar surface area (TPSA) is 134 Å². The van der Waals surface area contributed by atoms with E-state index in [0.717, 1.165) is 77.0 Å². The molecule has 0 radical (unpaired) electrons. The first-order valence-electron chi connectivity index (χ1n) is 33.9. The number of esters is 2. The molecule has 0 aliphatic rings. The van der Waals surface area contributed by atoms with Gasteiger partial charge in [-0.15, -0.1) is 0 Å². The minimum atomic E-state index is -4.39. The van der Waals surface area contributed by atoms with Crippen molar-refractivity contribution in [2.75, 3.05) is 26.4 Å². The smallest absolute Gasteiger partial charge is 0.462 e. The van der Waals surface area contributed by atoms with Crippen LogP contribution in [0.5, 0.6) is 0 Å². The van der Waals surface area contributed by atoms with Gasteiger partial charge in [0.05, 0.1) is 13.2 Å². The third-order valence-corrected chi connectivity index (χ3v) is 15.8. The highest BCUT2D eigenvalue weighted by molar-refractivity contribution is 7.47. The molecular weight excluding hydrogens is 1010 g/mol. The lowest BCUT2D eigenvalue weighted by molar-refractivity contribution is -0.161. The Kier molecular flexibility index (Phi) is 63.5. The summed E-state index contributed by atoms with van der Waals surface area (Å²) in [7, 11) is -4.39. The quantitative estimate of drug-likeness (QED) is 0.0264. The van der Waals surface area contributed by atoms with E-state index >= 15 is 0 Å². The zero-order valence-electron chi connectivity index (χ0n) is 52.3. The van der Waals surface area contributed by atoms with Gasteiger partial charge in [-0.1, -0.05) is 324 Å². The third-order valence-electron chi connectivity index (χ3n) is 14.9. The largest absolute Gasteiger partial charge is 0.472 e. The highest BCUT2D eigenvalue weighted by Gasteiger charge is 2.26. The van der Waals surface area contributed by atoms with Crippen LogP contribution in [0.2, 0.25) is 0 Å². The summed E-state index contributed by atoms with van der Waals surface area (Å²) >= 11 is 0. The summed E-state index contributed by atoms with van der Waals surface area (Å²) in [5, 5.41) is 0. The maximum atomic E-state index is 12.8. The van der Waals surface area contributed by atoms with E-state index in [9.17, 15) is 19.0 Å². The number of allylic oxidation sites excluding steroid dienone is 12. The Morgan fingerprint density at radius 1 is 0.388 bits per heavy atom. The van der Waals surface area contributed by atoms with E-state index in [4.69, 9.17) is 24.3 Å². The summed E-state index contributed by atoms with van der Waals surface area (Å²) in [5.74, 6) is -0.816. The highest BCUT2D eigenvalue weighted by atomic mass is 31.2. The van der Waals surface area contributed by atoms with E-state index in [1.807, 2.05) is 0 Å². The Labute approximate surface area is 494 Å². The van der Waals surface area contributed by atoms with Crippen molar-refractivity contribution in [2.45, 2.75) is 335 Å². The number of rotatable bonds is 64. The first-order valence-corrected chi connectivity index (χ1v) is 35.4. The predicted molar refractivity (Wildman–Crippen MR) is 344 cm³/mol. The summed E-state index contributed by atoms with van der Waals surface area (Å²) in [6.07, 6.45) is 85.6. The average molecular weight is 1140 g/mol. The molecule has 2 unspecified atom stereocenters. The fourth-order valence-electron chi connectivity index (χ4n) is 9.88. The molecule has 0 fully saturated rings. The van der Waals surface area contributed by atoms with Crippen molar-refractivity contribution in [1.29, 1.82) is 0 Å². The molecule has 0 saturated carbocycles. The van der Waals surface area contributed by atoms with E-state index in [2.05, 4.69) is 86.8 Å². The van der Waals surface area contributed by atoms with Gasteiger partial charge >= 0.3 is 19.8 Å². The molecule has 0 spiro atoms. The molecule has 80 heavy (non-hydrogen) atoms. The lowest BCUT2D eigenvalue weighted by atomic mass is 10.0. The Balaban J connectivity index is 3.88. The molecule has 0 saturated heterocycles. The fraction of sp³-hybridized carbons (Fsp3) is 0.800. The number of hydrogen-bond acceptors (Lipinski definition) is 8. The molecule has 0 aromatic rings. The van der Waals surface area contributed by atoms with Gasteiger partial charge in [0.15, 0.2) is 6.10 Å². The standard InChI is InChI=1S/C70H128NO8P/c1-3-5-7-9-11-13-15-17-19-21-23-25-27-29-31-33-34-35-37-39-41-43-45-47-49-51-53-55-57-59-61-63-70(73)79-68(67-78-80(74,75)77-65-64-71)66-76-69(72)62-60-58-56-54-52-50-48-46-44-42-40-38-36-32-30-28-26-24-22-20-18-16-14-12-10-8-6-4-2/h5,7,11,13,17,19,23,25,29,31,34-35,68H,3-4,6,8-10,12,14-16,18,20-22,24,26-28,30,32-33,36-67,71H2,1-2H3,(H,74,75)/b7-5-,13-11-,19-17-,25-23-,31-29-,35-34-. The second kappa shape index (κ2) is 65.6. The van der Waals surface area contributed by atoms with E-state index in [1.165, 1.54) is 218 Å². The van der Waals surface area contributed by atoms with Crippen LogP contribution in [0.1, 0.15) is 328 Å². The van der Waals surface area contributed by atoms with Crippen molar-refractivity contribution in [3.05, 3.63) is 72.9 Å². The summed E-state index contributed by atoms with van der Waals surface area (Å²) in [6, 6.07) is 0. The number of phosphoric acid groups is 1. The number of unbranched alkanes of at least 4 members (excludes halogenated alkanes) is 39. The maximum absolute atomic E-state index is 12.8. The fourth-order valence-corrected chi connectivity index (χ4v) is 10.6. The summed E-state index contributed by atoms with van der Waals surface area (Å²) in [6.45, 7) is 3.68. The summed E-state index contributed by atoms with van der Waals surface area (Å²) in [5.41, 5.74) is 5.40. The zero-order valence-corrected chi connectivity index (χ0v) is 53.2. The number of carbonyl (C=O) groups excluding carboxylic acids is 2. The number of phosphoric ester groups is 1. The molecule has 0 rings (SSSR count). The predicted octanol–water partition coefficient (Wildman–Crippen LogP) is 22.0. The molecule has 0 bridgehead atoms. The Hall–Kier alpha value is -2.55. The lowest BCUT2D eigenvalue weighted by Gasteiger charge is -2.19. The first kappa shape index (κ1) is 77.5. The van der Waals surface area contributed by atoms with Gasteiger partial charge in [0, 0.05) is 19.4 Å². The Morgan fingerprint density at radius 2 is 0.688 bits per heavy atom. The minimum Gasteiger partial charge on any atom is -0.462 e. The van der Waals surface area contributed by atoms with Crippen LogP contribution in [0.25, 0.3) is 0 Å². The zero-order chi connectivity index (χ0) is 58.0. The first-order chi connectivity index (χ1) is 39.3. The average Bonchev–Trinajstić information content (AvgIpc) is 3.45. The van der Waals surface area contributed by atoms with Crippen LogP contribution in [0.4, 0.5) is 0 Å². The van der Waals surface area contributed by atoms with Gasteiger partial charge in [-0.25, -0.2) is 4.57 Å². The van der Waals surface area contributed by atoms with Crippen molar-refractivity contribution in [2.24, 2.45) is 5.73 Å². The number of nitrogens with two attached hydrogens (primary N) is 1. The van der Waals surface area contributed by atoms with Crippen LogP contribution in [0, 0.1) is 0 Å². The molecule has 0 aliphatic carbocycles. The molecule has 0 heterocycles. The van der Waals surface area contributed by atoms with Crippen molar-refractivity contribution in [3.63, 3.8) is 0 Å². The van der Waals surface area contributed by atoms with Crippen molar-refractivity contribution < 1.29 is 37.6 Å².